The summed E-state index contributed by atoms with van der Waals surface area (Å²) in [6, 6.07) is 6.54. The number of benzene rings is 1. The fourth-order valence-corrected chi connectivity index (χ4v) is 2.73. The average molecular weight is 394 g/mol. The van der Waals surface area contributed by atoms with Crippen LogP contribution in [-0.4, -0.2) is 61.4 Å². The molecule has 0 aliphatic carbocycles. The average Bonchev–Trinajstić information content (AvgIpc) is 3.15. The van der Waals surface area contributed by atoms with Crippen molar-refractivity contribution in [3.05, 3.63) is 40.9 Å². The number of aliphatic hydroxyl groups excluding tert-OH is 1. The van der Waals surface area contributed by atoms with Gasteiger partial charge in [0.2, 0.25) is 5.91 Å². The molecule has 1 unspecified atom stereocenters. The van der Waals surface area contributed by atoms with Gasteiger partial charge in [-0.05, 0) is 24.3 Å². The molecule has 1 aromatic carbocycles. The number of hydrogen-bond donors (Lipinski definition) is 4. The molecule has 0 aliphatic rings. The molecule has 10 heteroatoms. The predicted octanol–water partition coefficient (Wildman–Crippen LogP) is 0.00990. The zero-order valence-corrected chi connectivity index (χ0v) is 15.6. The number of thiazole rings is 1. The molecule has 2 aromatic rings. The highest BCUT2D eigenvalue weighted by Gasteiger charge is 2.11. The van der Waals surface area contributed by atoms with E-state index >= 15 is 0 Å². The maximum absolute atomic E-state index is 11.4. The van der Waals surface area contributed by atoms with Gasteiger partial charge < -0.3 is 30.9 Å². The van der Waals surface area contributed by atoms with Crippen molar-refractivity contribution in [2.75, 3.05) is 33.4 Å². The van der Waals surface area contributed by atoms with Gasteiger partial charge in [-0.15, -0.1) is 0 Å². The highest BCUT2D eigenvalue weighted by Crippen LogP contribution is 2.20. The van der Waals surface area contributed by atoms with Crippen LogP contribution in [0, 0.1) is 0 Å². The summed E-state index contributed by atoms with van der Waals surface area (Å²) in [6.45, 7) is 1.29. The van der Waals surface area contributed by atoms with Crippen molar-refractivity contribution < 1.29 is 24.2 Å². The molecule has 0 aliphatic heterocycles. The number of primary amides is 1. The maximum atomic E-state index is 11.4. The molecule has 9 nitrogen and oxygen atoms in total. The predicted molar refractivity (Wildman–Crippen MR) is 100 cm³/mol. The van der Waals surface area contributed by atoms with Gasteiger partial charge in [-0.3, -0.25) is 9.59 Å². The monoisotopic (exact) mass is 394 g/mol. The molecule has 0 bridgehead atoms. The first kappa shape index (κ1) is 20.6. The summed E-state index contributed by atoms with van der Waals surface area (Å²) in [4.78, 5) is 26.8. The van der Waals surface area contributed by atoms with Crippen molar-refractivity contribution in [2.45, 2.75) is 6.10 Å². The van der Waals surface area contributed by atoms with Gasteiger partial charge in [0.1, 0.15) is 29.9 Å². The topological polar surface area (TPSA) is 136 Å². The van der Waals surface area contributed by atoms with Crippen LogP contribution in [0.3, 0.4) is 0 Å². The van der Waals surface area contributed by atoms with Crippen LogP contribution in [-0.2, 0) is 0 Å². The summed E-state index contributed by atoms with van der Waals surface area (Å²) in [7, 11) is 1.54. The fourth-order valence-electron chi connectivity index (χ4n) is 2.00. The Morgan fingerprint density at radius 2 is 2.04 bits per heavy atom. The molecule has 146 valence electrons. The fraction of sp³-hybridized carbons (Fsp3) is 0.353. The molecule has 27 heavy (non-hydrogen) atoms. The highest BCUT2D eigenvalue weighted by molar-refractivity contribution is 7.15. The molecule has 2 rings (SSSR count). The van der Waals surface area contributed by atoms with Crippen molar-refractivity contribution in [1.82, 2.24) is 15.6 Å². The number of aromatic nitrogens is 1. The van der Waals surface area contributed by atoms with Gasteiger partial charge in [-0.25, -0.2) is 4.98 Å². The highest BCUT2D eigenvalue weighted by atomic mass is 32.1. The first-order valence-electron chi connectivity index (χ1n) is 8.21. The molecule has 5 N–H and O–H groups in total. The summed E-state index contributed by atoms with van der Waals surface area (Å²) >= 11 is 1.11. The van der Waals surface area contributed by atoms with Gasteiger partial charge >= 0.3 is 0 Å². The molecule has 1 atom stereocenters. The van der Waals surface area contributed by atoms with E-state index in [9.17, 15) is 14.7 Å². The third-order valence-electron chi connectivity index (χ3n) is 3.40. The lowest BCUT2D eigenvalue weighted by molar-refractivity contribution is 0.0965. The Balaban J connectivity index is 1.59. The van der Waals surface area contributed by atoms with Crippen molar-refractivity contribution in [3.8, 4) is 10.9 Å². The van der Waals surface area contributed by atoms with Crippen molar-refractivity contribution in [1.29, 1.82) is 0 Å². The van der Waals surface area contributed by atoms with Crippen LogP contribution in [0.15, 0.2) is 30.5 Å². The number of ether oxygens (including phenoxy) is 2. The molecular formula is C17H22N4O5S. The molecule has 0 radical (unpaired) electrons. The maximum Gasteiger partial charge on any atom is 0.273 e. The summed E-state index contributed by atoms with van der Waals surface area (Å²) in [5.74, 6) is -0.0859. The van der Waals surface area contributed by atoms with Crippen LogP contribution >= 0.6 is 11.3 Å². The summed E-state index contributed by atoms with van der Waals surface area (Å²) in [6.07, 6.45) is 0.698. The van der Waals surface area contributed by atoms with Crippen LogP contribution in [0.4, 0.5) is 0 Å². The van der Waals surface area contributed by atoms with Gasteiger partial charge in [0.15, 0.2) is 0 Å². The number of amides is 2. The Kier molecular flexibility index (Phi) is 7.99. The largest absolute Gasteiger partial charge is 0.492 e. The number of hydrogen-bond acceptors (Lipinski definition) is 8. The Labute approximate surface area is 160 Å². The van der Waals surface area contributed by atoms with Crippen LogP contribution in [0.2, 0.25) is 0 Å². The van der Waals surface area contributed by atoms with E-state index in [2.05, 4.69) is 15.6 Å². The van der Waals surface area contributed by atoms with Crippen molar-refractivity contribution in [2.24, 2.45) is 5.73 Å². The van der Waals surface area contributed by atoms with E-state index in [1.807, 2.05) is 0 Å². The second kappa shape index (κ2) is 10.5. The van der Waals surface area contributed by atoms with Crippen LogP contribution in [0.25, 0.3) is 0 Å². The minimum Gasteiger partial charge on any atom is -0.492 e. The Morgan fingerprint density at radius 1 is 1.30 bits per heavy atom. The number of carbonyl (C=O) groups is 2. The first-order valence-corrected chi connectivity index (χ1v) is 9.03. The molecule has 1 heterocycles. The van der Waals surface area contributed by atoms with E-state index in [0.717, 1.165) is 11.3 Å². The second-order valence-electron chi connectivity index (χ2n) is 5.48. The molecular weight excluding hydrogens is 372 g/mol. The van der Waals surface area contributed by atoms with Crippen molar-refractivity contribution >= 4 is 23.2 Å². The smallest absolute Gasteiger partial charge is 0.273 e. The standard InChI is InChI=1S/C17H22N4O5S/c1-19-16(24)14-9-21-17(27-14)26-10-12(22)8-20-6-7-25-13-4-2-11(3-5-13)15(18)23/h2-5,9,12,20,22H,6-8,10H2,1H3,(H2,18,23)(H,19,24). The summed E-state index contributed by atoms with van der Waals surface area (Å²) in [5.41, 5.74) is 5.59. The van der Waals surface area contributed by atoms with Gasteiger partial charge in [-0.2, -0.15) is 0 Å². The zero-order valence-electron chi connectivity index (χ0n) is 14.8. The molecule has 0 spiro atoms. The number of rotatable bonds is 11. The molecule has 1 aromatic heterocycles. The van der Waals surface area contributed by atoms with E-state index in [-0.39, 0.29) is 12.5 Å². The molecule has 0 saturated heterocycles. The number of carbonyl (C=O) groups excluding carboxylic acids is 2. The molecule has 0 fully saturated rings. The third-order valence-corrected chi connectivity index (χ3v) is 4.31. The Morgan fingerprint density at radius 3 is 2.70 bits per heavy atom. The van der Waals surface area contributed by atoms with Crippen molar-refractivity contribution in [3.63, 3.8) is 0 Å². The minimum absolute atomic E-state index is 0.0587. The Bertz CT molecular complexity index is 750. The van der Waals surface area contributed by atoms with E-state index in [4.69, 9.17) is 15.2 Å². The third kappa shape index (κ3) is 6.85. The summed E-state index contributed by atoms with van der Waals surface area (Å²) < 4.78 is 10.9. The van der Waals surface area contributed by atoms with Crippen LogP contribution < -0.4 is 25.8 Å². The second-order valence-corrected chi connectivity index (χ2v) is 6.47. The number of aliphatic hydroxyl groups is 1. The molecule has 0 saturated carbocycles. The van der Waals surface area contributed by atoms with Gasteiger partial charge in [0.05, 0.1) is 6.20 Å². The van der Waals surface area contributed by atoms with E-state index in [0.29, 0.717) is 41.1 Å². The van der Waals surface area contributed by atoms with Gasteiger partial charge in [0.25, 0.3) is 11.1 Å². The van der Waals surface area contributed by atoms with Crippen LogP contribution in [0.5, 0.6) is 10.9 Å². The normalized spacial score (nSPS) is 11.6. The lowest BCUT2D eigenvalue weighted by Crippen LogP contribution is -2.33. The van der Waals surface area contributed by atoms with E-state index in [1.165, 1.54) is 13.2 Å². The van der Waals surface area contributed by atoms with E-state index < -0.39 is 12.0 Å². The quantitative estimate of drug-likeness (QED) is 0.394. The number of nitrogens with one attached hydrogen (secondary N) is 2. The lowest BCUT2D eigenvalue weighted by atomic mass is 10.2. The van der Waals surface area contributed by atoms with Gasteiger partial charge in [-0.1, -0.05) is 11.3 Å². The lowest BCUT2D eigenvalue weighted by Gasteiger charge is -2.12. The number of nitrogens with two attached hydrogens (primary N) is 1. The van der Waals surface area contributed by atoms with E-state index in [1.54, 1.807) is 24.3 Å². The summed E-state index contributed by atoms with van der Waals surface area (Å²) in [5, 5.41) is 15.8. The van der Waals surface area contributed by atoms with Crippen LogP contribution in [0.1, 0.15) is 20.0 Å². The molecule has 2 amide bonds. The SMILES string of the molecule is CNC(=O)c1cnc(OCC(O)CNCCOc2ccc(C(N)=O)cc2)s1. The Hall–Kier alpha value is -2.69. The minimum atomic E-state index is -0.729. The zero-order chi connectivity index (χ0) is 19.6. The van der Waals surface area contributed by atoms with Gasteiger partial charge in [0, 0.05) is 25.7 Å². The first-order chi connectivity index (χ1) is 13.0. The number of nitrogens with zero attached hydrogens (tertiary/aromatic N) is 1.